The van der Waals surface area contributed by atoms with Gasteiger partial charge >= 0.3 is 0 Å². The minimum absolute atomic E-state index is 0.191. The lowest BCUT2D eigenvalue weighted by Gasteiger charge is -2.15. The number of hydrogen-bond acceptors (Lipinski definition) is 7. The van der Waals surface area contributed by atoms with Crippen molar-refractivity contribution in [3.05, 3.63) is 47.4 Å². The first kappa shape index (κ1) is 19.6. The minimum Gasteiger partial charge on any atom is -0.302 e. The third-order valence-electron chi connectivity index (χ3n) is 3.74. The number of pyridine rings is 1. The summed E-state index contributed by atoms with van der Waals surface area (Å²) in [5.74, 6) is -0.191. The molecule has 3 rings (SSSR count). The molecule has 0 unspecified atom stereocenters. The molecule has 0 fully saturated rings. The van der Waals surface area contributed by atoms with Gasteiger partial charge in [0.25, 0.3) is 10.0 Å². The van der Waals surface area contributed by atoms with Gasteiger partial charge in [-0.15, -0.1) is 22.7 Å². The highest BCUT2D eigenvalue weighted by Crippen LogP contribution is 2.24. The van der Waals surface area contributed by atoms with Crippen LogP contribution in [0.2, 0.25) is 0 Å². The molecule has 10 heteroatoms. The predicted octanol–water partition coefficient (Wildman–Crippen LogP) is 3.31. The molecule has 0 radical (unpaired) electrons. The van der Waals surface area contributed by atoms with Crippen molar-refractivity contribution in [2.24, 2.45) is 0 Å². The van der Waals surface area contributed by atoms with E-state index >= 15 is 0 Å². The van der Waals surface area contributed by atoms with Gasteiger partial charge in [0.15, 0.2) is 5.13 Å². The minimum atomic E-state index is -3.48. The van der Waals surface area contributed by atoms with E-state index in [9.17, 15) is 13.2 Å². The SMILES string of the molecule is CN(CCCC(=O)Nc1nc(-c2cccnc2)cs1)S(=O)(=O)c1cccs1. The maximum atomic E-state index is 12.3. The van der Waals surface area contributed by atoms with E-state index in [2.05, 4.69) is 15.3 Å². The van der Waals surface area contributed by atoms with Crippen LogP contribution in [0.1, 0.15) is 12.8 Å². The fourth-order valence-corrected chi connectivity index (χ4v) is 5.45. The molecule has 0 bridgehead atoms. The zero-order valence-corrected chi connectivity index (χ0v) is 17.0. The summed E-state index contributed by atoms with van der Waals surface area (Å²) in [6, 6.07) is 7.00. The Hall–Kier alpha value is -2.14. The molecule has 0 aliphatic rings. The number of hydrogen-bond donors (Lipinski definition) is 1. The van der Waals surface area contributed by atoms with Gasteiger partial charge in [-0.2, -0.15) is 0 Å². The number of aromatic nitrogens is 2. The number of thiazole rings is 1. The molecular weight excluding hydrogens is 404 g/mol. The molecule has 0 spiro atoms. The van der Waals surface area contributed by atoms with E-state index < -0.39 is 10.0 Å². The van der Waals surface area contributed by atoms with Gasteiger partial charge in [0.1, 0.15) is 4.21 Å². The Balaban J connectivity index is 1.48. The van der Waals surface area contributed by atoms with E-state index in [4.69, 9.17) is 0 Å². The van der Waals surface area contributed by atoms with Crippen molar-refractivity contribution < 1.29 is 13.2 Å². The van der Waals surface area contributed by atoms with Crippen molar-refractivity contribution in [1.82, 2.24) is 14.3 Å². The Bertz CT molecular complexity index is 986. The molecule has 0 aliphatic carbocycles. The molecule has 0 saturated heterocycles. The summed E-state index contributed by atoms with van der Waals surface area (Å²) >= 11 is 2.52. The monoisotopic (exact) mass is 422 g/mol. The fraction of sp³-hybridized carbons (Fsp3) is 0.235. The molecule has 1 amide bonds. The number of carbonyl (C=O) groups is 1. The van der Waals surface area contributed by atoms with Crippen LogP contribution in [0.3, 0.4) is 0 Å². The third kappa shape index (κ3) is 4.98. The summed E-state index contributed by atoms with van der Waals surface area (Å²) in [5.41, 5.74) is 1.64. The second-order valence-corrected chi connectivity index (χ2v) is 9.77. The Morgan fingerprint density at radius 1 is 1.26 bits per heavy atom. The Kier molecular flexibility index (Phi) is 6.32. The summed E-state index contributed by atoms with van der Waals surface area (Å²) < 4.78 is 26.2. The Morgan fingerprint density at radius 2 is 2.11 bits per heavy atom. The van der Waals surface area contributed by atoms with E-state index in [-0.39, 0.29) is 18.9 Å². The maximum Gasteiger partial charge on any atom is 0.252 e. The molecule has 3 aromatic heterocycles. The Labute approximate surface area is 165 Å². The molecular formula is C17H18N4O3S3. The molecule has 0 aliphatic heterocycles. The van der Waals surface area contributed by atoms with E-state index in [1.54, 1.807) is 29.9 Å². The highest BCUT2D eigenvalue weighted by atomic mass is 32.2. The van der Waals surface area contributed by atoms with Crippen LogP contribution in [-0.4, -0.2) is 42.2 Å². The van der Waals surface area contributed by atoms with Gasteiger partial charge in [-0.25, -0.2) is 17.7 Å². The number of thiophene rings is 1. The second-order valence-electron chi connectivity index (χ2n) is 5.69. The Morgan fingerprint density at radius 3 is 2.81 bits per heavy atom. The third-order valence-corrected chi connectivity index (χ3v) is 7.73. The number of rotatable bonds is 8. The van der Waals surface area contributed by atoms with Crippen LogP contribution in [0.4, 0.5) is 5.13 Å². The first-order valence-electron chi connectivity index (χ1n) is 8.12. The fourth-order valence-electron chi connectivity index (χ4n) is 2.31. The molecule has 7 nitrogen and oxygen atoms in total. The van der Waals surface area contributed by atoms with Crippen LogP contribution in [0.25, 0.3) is 11.3 Å². The van der Waals surface area contributed by atoms with Gasteiger partial charge in [-0.05, 0) is 30.0 Å². The molecule has 0 aromatic carbocycles. The topological polar surface area (TPSA) is 92.3 Å². The van der Waals surface area contributed by atoms with Crippen molar-refractivity contribution in [2.45, 2.75) is 17.1 Å². The van der Waals surface area contributed by atoms with E-state index in [1.165, 1.54) is 34.0 Å². The van der Waals surface area contributed by atoms with Crippen LogP contribution < -0.4 is 5.32 Å². The average molecular weight is 423 g/mol. The summed E-state index contributed by atoms with van der Waals surface area (Å²) in [4.78, 5) is 20.5. The van der Waals surface area contributed by atoms with Crippen molar-refractivity contribution in [2.75, 3.05) is 18.9 Å². The predicted molar refractivity (Wildman–Crippen MR) is 107 cm³/mol. The summed E-state index contributed by atoms with van der Waals surface area (Å²) in [6.07, 6.45) is 4.04. The van der Waals surface area contributed by atoms with Crippen LogP contribution in [-0.2, 0) is 14.8 Å². The van der Waals surface area contributed by atoms with Gasteiger partial charge in [0.2, 0.25) is 5.91 Å². The number of amides is 1. The van der Waals surface area contributed by atoms with Gasteiger partial charge in [-0.3, -0.25) is 9.78 Å². The van der Waals surface area contributed by atoms with E-state index in [0.717, 1.165) is 11.3 Å². The van der Waals surface area contributed by atoms with Gasteiger partial charge in [-0.1, -0.05) is 6.07 Å². The first-order valence-corrected chi connectivity index (χ1v) is 11.3. The first-order chi connectivity index (χ1) is 13.0. The largest absolute Gasteiger partial charge is 0.302 e. The van der Waals surface area contributed by atoms with Gasteiger partial charge in [0, 0.05) is 43.4 Å². The number of sulfonamides is 1. The number of nitrogens with zero attached hydrogens (tertiary/aromatic N) is 3. The normalized spacial score (nSPS) is 11.6. The quantitative estimate of drug-likeness (QED) is 0.601. The summed E-state index contributed by atoms with van der Waals surface area (Å²) in [6.45, 7) is 0.270. The standard InChI is InChI=1S/C17H18N4O3S3/c1-21(27(23,24)16-7-4-10-25-16)9-3-6-15(22)20-17-19-14(12-26-17)13-5-2-8-18-11-13/h2,4-5,7-8,10-12H,3,6,9H2,1H3,(H,19,20,22). The van der Waals surface area contributed by atoms with Crippen LogP contribution in [0.15, 0.2) is 51.6 Å². The molecule has 3 heterocycles. The zero-order valence-electron chi connectivity index (χ0n) is 14.5. The van der Waals surface area contributed by atoms with Crippen molar-refractivity contribution in [1.29, 1.82) is 0 Å². The lowest BCUT2D eigenvalue weighted by atomic mass is 10.2. The van der Waals surface area contributed by atoms with Crippen molar-refractivity contribution >= 4 is 43.7 Å². The smallest absolute Gasteiger partial charge is 0.252 e. The highest BCUT2D eigenvalue weighted by Gasteiger charge is 2.21. The molecule has 0 saturated carbocycles. The lowest BCUT2D eigenvalue weighted by Crippen LogP contribution is -2.28. The van der Waals surface area contributed by atoms with Crippen LogP contribution in [0, 0.1) is 0 Å². The summed E-state index contributed by atoms with van der Waals surface area (Å²) in [5, 5.41) is 6.85. The van der Waals surface area contributed by atoms with Crippen molar-refractivity contribution in [3.8, 4) is 11.3 Å². The van der Waals surface area contributed by atoms with Crippen LogP contribution >= 0.6 is 22.7 Å². The molecule has 1 N–H and O–H groups in total. The van der Waals surface area contributed by atoms with E-state index in [1.807, 2.05) is 17.5 Å². The lowest BCUT2D eigenvalue weighted by molar-refractivity contribution is -0.116. The second kappa shape index (κ2) is 8.70. The molecule has 0 atom stereocenters. The number of nitrogens with one attached hydrogen (secondary N) is 1. The van der Waals surface area contributed by atoms with Gasteiger partial charge < -0.3 is 5.32 Å². The molecule has 3 aromatic rings. The number of carbonyl (C=O) groups excluding carboxylic acids is 1. The molecule has 27 heavy (non-hydrogen) atoms. The molecule has 142 valence electrons. The van der Waals surface area contributed by atoms with E-state index in [0.29, 0.717) is 15.8 Å². The maximum absolute atomic E-state index is 12.3. The van der Waals surface area contributed by atoms with Gasteiger partial charge in [0.05, 0.1) is 5.69 Å². The van der Waals surface area contributed by atoms with Crippen molar-refractivity contribution in [3.63, 3.8) is 0 Å². The average Bonchev–Trinajstić information content (AvgIpc) is 3.34. The summed E-state index contributed by atoms with van der Waals surface area (Å²) in [7, 11) is -1.95. The van der Waals surface area contributed by atoms with Crippen LogP contribution in [0.5, 0.6) is 0 Å². The number of anilines is 1. The zero-order chi connectivity index (χ0) is 19.3. The highest BCUT2D eigenvalue weighted by molar-refractivity contribution is 7.91.